The summed E-state index contributed by atoms with van der Waals surface area (Å²) in [7, 11) is 0. The Labute approximate surface area is 234 Å². The lowest BCUT2D eigenvalue weighted by atomic mass is 10.1. The average Bonchev–Trinajstić information content (AvgIpc) is 3.40. The van der Waals surface area contributed by atoms with Gasteiger partial charge in [-0.2, -0.15) is 13.2 Å². The largest absolute Gasteiger partial charge is 0.416 e. The highest BCUT2D eigenvalue weighted by Crippen LogP contribution is 2.65. The van der Waals surface area contributed by atoms with Gasteiger partial charge in [-0.3, -0.25) is 20.4 Å². The Hall–Kier alpha value is -2.36. The lowest BCUT2D eigenvalue weighted by molar-refractivity contribution is -0.137. The van der Waals surface area contributed by atoms with Crippen LogP contribution in [0.15, 0.2) is 60.7 Å². The Morgan fingerprint density at radius 2 is 1.43 bits per heavy atom. The van der Waals surface area contributed by atoms with Crippen LogP contribution in [0.4, 0.5) is 24.5 Å². The molecule has 13 heteroatoms. The van der Waals surface area contributed by atoms with Crippen molar-refractivity contribution in [2.75, 3.05) is 10.7 Å². The fraction of sp³-hybridized carbons (Fsp3) is 0.167. The summed E-state index contributed by atoms with van der Waals surface area (Å²) >= 11 is 31.0. The van der Waals surface area contributed by atoms with Crippen LogP contribution in [0, 0.1) is 5.92 Å². The molecule has 2 unspecified atom stereocenters. The summed E-state index contributed by atoms with van der Waals surface area (Å²) < 4.78 is 36.7. The van der Waals surface area contributed by atoms with Gasteiger partial charge in [0.05, 0.1) is 27.8 Å². The predicted octanol–water partition coefficient (Wildman–Crippen LogP) is 7.95. The van der Waals surface area contributed by atoms with Crippen molar-refractivity contribution in [1.82, 2.24) is 5.43 Å². The van der Waals surface area contributed by atoms with Crippen LogP contribution in [-0.2, 0) is 11.0 Å². The molecule has 3 N–H and O–H groups in total. The third kappa shape index (κ3) is 6.21. The average molecular weight is 612 g/mol. The number of hydrogen-bond acceptors (Lipinski definition) is 3. The molecule has 0 saturated heterocycles. The summed E-state index contributed by atoms with van der Waals surface area (Å²) in [6, 6.07) is 13.1. The Bertz CT molecular complexity index is 1350. The van der Waals surface area contributed by atoms with Crippen LogP contribution in [0.3, 0.4) is 0 Å². The highest BCUT2D eigenvalue weighted by atomic mass is 35.5. The summed E-state index contributed by atoms with van der Waals surface area (Å²) in [5.41, 5.74) is 5.09. The number of carbonyl (C=O) groups excluding carboxylic acids is 2. The number of hydrogen-bond donors (Lipinski definition) is 3. The molecule has 1 aliphatic rings. The summed E-state index contributed by atoms with van der Waals surface area (Å²) in [6.07, 6.45) is -4.48. The van der Waals surface area contributed by atoms with Gasteiger partial charge in [-0.05, 0) is 66.2 Å². The van der Waals surface area contributed by atoms with E-state index in [0.717, 1.165) is 24.3 Å². The minimum atomic E-state index is -4.48. The van der Waals surface area contributed by atoms with E-state index in [-0.39, 0.29) is 22.0 Å². The fourth-order valence-electron chi connectivity index (χ4n) is 3.76. The highest BCUT2D eigenvalue weighted by Gasteiger charge is 2.67. The van der Waals surface area contributed by atoms with Gasteiger partial charge in [0.25, 0.3) is 5.91 Å². The molecule has 2 amide bonds. The number of benzene rings is 3. The molecule has 5 nitrogen and oxygen atoms in total. The maximum absolute atomic E-state index is 12.9. The Morgan fingerprint density at radius 3 is 2.03 bits per heavy atom. The zero-order valence-corrected chi connectivity index (χ0v) is 22.0. The first-order valence-corrected chi connectivity index (χ1v) is 12.3. The van der Waals surface area contributed by atoms with Gasteiger partial charge in [-0.1, -0.05) is 34.8 Å². The van der Waals surface area contributed by atoms with Crippen molar-refractivity contribution in [2.45, 2.75) is 16.4 Å². The Morgan fingerprint density at radius 1 is 0.838 bits per heavy atom. The van der Waals surface area contributed by atoms with Crippen molar-refractivity contribution in [2.24, 2.45) is 5.92 Å². The smallest absolute Gasteiger partial charge is 0.326 e. The normalized spacial score (nSPS) is 18.2. The van der Waals surface area contributed by atoms with Crippen LogP contribution in [-0.4, -0.2) is 16.1 Å². The minimum absolute atomic E-state index is 0.00383. The lowest BCUT2D eigenvalue weighted by Gasteiger charge is -2.12. The van der Waals surface area contributed by atoms with Crippen molar-refractivity contribution in [3.63, 3.8) is 0 Å². The van der Waals surface area contributed by atoms with Gasteiger partial charge in [0.15, 0.2) is 0 Å². The molecule has 37 heavy (non-hydrogen) atoms. The molecule has 4 rings (SSSR count). The second kappa shape index (κ2) is 10.4. The molecule has 3 aromatic carbocycles. The van der Waals surface area contributed by atoms with E-state index in [2.05, 4.69) is 16.2 Å². The fourth-order valence-corrected chi connectivity index (χ4v) is 5.33. The van der Waals surface area contributed by atoms with Crippen LogP contribution in [0.1, 0.15) is 27.4 Å². The van der Waals surface area contributed by atoms with Crippen molar-refractivity contribution in [1.29, 1.82) is 0 Å². The van der Waals surface area contributed by atoms with Crippen molar-refractivity contribution in [3.8, 4) is 0 Å². The third-order valence-electron chi connectivity index (χ3n) is 5.59. The first-order valence-electron chi connectivity index (χ1n) is 10.4. The van der Waals surface area contributed by atoms with Gasteiger partial charge in [0.1, 0.15) is 4.33 Å². The second-order valence-electron chi connectivity index (χ2n) is 8.17. The molecule has 1 saturated carbocycles. The molecule has 0 bridgehead atoms. The van der Waals surface area contributed by atoms with E-state index >= 15 is 0 Å². The monoisotopic (exact) mass is 609 g/mol. The van der Waals surface area contributed by atoms with Crippen LogP contribution in [0.25, 0.3) is 0 Å². The van der Waals surface area contributed by atoms with Gasteiger partial charge in [-0.25, -0.2) is 0 Å². The summed E-state index contributed by atoms with van der Waals surface area (Å²) in [4.78, 5) is 25.6. The van der Waals surface area contributed by atoms with E-state index in [4.69, 9.17) is 58.0 Å². The molecule has 1 aliphatic carbocycles. The molecule has 0 aliphatic heterocycles. The van der Waals surface area contributed by atoms with Gasteiger partial charge >= 0.3 is 6.18 Å². The first-order chi connectivity index (χ1) is 17.3. The number of alkyl halides is 5. The standard InChI is InChI=1S/C24H15Cl5F3N3O2/c25-13-7-11(8-14(26)9-13)19-20(23(19,28)29)22(37)33-16-5-6-18(27)17(10-16)21(36)35-34-15-3-1-12(2-4-15)24(30,31)32/h1-10,19-20,34H,(H,33,37)(H,35,36). The van der Waals surface area contributed by atoms with Crippen molar-refractivity contribution < 1.29 is 22.8 Å². The maximum Gasteiger partial charge on any atom is 0.416 e. The van der Waals surface area contributed by atoms with E-state index in [0.29, 0.717) is 15.6 Å². The molecule has 0 heterocycles. The van der Waals surface area contributed by atoms with Crippen LogP contribution in [0.2, 0.25) is 15.1 Å². The number of anilines is 2. The molecule has 0 spiro atoms. The van der Waals surface area contributed by atoms with Crippen LogP contribution < -0.4 is 16.2 Å². The second-order valence-corrected chi connectivity index (χ2v) is 10.9. The highest BCUT2D eigenvalue weighted by molar-refractivity contribution is 6.53. The number of hydrazine groups is 1. The number of nitrogens with one attached hydrogen (secondary N) is 3. The summed E-state index contributed by atoms with van der Waals surface area (Å²) in [5, 5.41) is 3.48. The summed E-state index contributed by atoms with van der Waals surface area (Å²) in [5.74, 6) is -2.57. The zero-order valence-electron chi connectivity index (χ0n) is 18.3. The number of carbonyl (C=O) groups is 2. The third-order valence-corrected chi connectivity index (χ3v) is 7.30. The van der Waals surface area contributed by atoms with Gasteiger partial charge in [0, 0.05) is 21.7 Å². The topological polar surface area (TPSA) is 70.2 Å². The molecule has 3 aromatic rings. The van der Waals surface area contributed by atoms with E-state index in [1.165, 1.54) is 18.2 Å². The van der Waals surface area contributed by atoms with E-state index in [1.807, 2.05) is 0 Å². The van der Waals surface area contributed by atoms with Gasteiger partial charge < -0.3 is 5.32 Å². The molecule has 0 aromatic heterocycles. The SMILES string of the molecule is O=C(NNc1ccc(C(F)(F)F)cc1)c1cc(NC(=O)C2C(c3cc(Cl)cc(Cl)c3)C2(Cl)Cl)ccc1Cl. The zero-order chi connectivity index (χ0) is 27.1. The van der Waals surface area contributed by atoms with Gasteiger partial charge in [-0.15, -0.1) is 23.2 Å². The maximum atomic E-state index is 12.9. The quantitative estimate of drug-likeness (QED) is 0.196. The molecular weight excluding hydrogens is 597 g/mol. The van der Waals surface area contributed by atoms with Crippen molar-refractivity contribution >= 4 is 81.2 Å². The number of halogens is 8. The van der Waals surface area contributed by atoms with Gasteiger partial charge in [0.2, 0.25) is 5.91 Å². The first kappa shape index (κ1) is 27.7. The Kier molecular flexibility index (Phi) is 7.79. The predicted molar refractivity (Wildman–Crippen MR) is 140 cm³/mol. The number of amides is 2. The molecule has 1 fully saturated rings. The van der Waals surface area contributed by atoms with Crippen molar-refractivity contribution in [3.05, 3.63) is 92.4 Å². The van der Waals surface area contributed by atoms with E-state index in [1.54, 1.807) is 18.2 Å². The van der Waals surface area contributed by atoms with E-state index < -0.39 is 39.7 Å². The molecule has 194 valence electrons. The molecular formula is C24H15Cl5F3N3O2. The molecule has 0 radical (unpaired) electrons. The summed E-state index contributed by atoms with van der Waals surface area (Å²) in [6.45, 7) is 0. The Balaban J connectivity index is 1.43. The minimum Gasteiger partial charge on any atom is -0.326 e. The molecule has 2 atom stereocenters. The van der Waals surface area contributed by atoms with Crippen LogP contribution >= 0.6 is 58.0 Å². The number of rotatable bonds is 6. The lowest BCUT2D eigenvalue weighted by Crippen LogP contribution is -2.29. The van der Waals surface area contributed by atoms with Crippen LogP contribution in [0.5, 0.6) is 0 Å². The van der Waals surface area contributed by atoms with E-state index in [9.17, 15) is 22.8 Å².